The first kappa shape index (κ1) is 35.3. The van der Waals surface area contributed by atoms with E-state index in [2.05, 4.69) is 26.1 Å². The second kappa shape index (κ2) is 13.5. The van der Waals surface area contributed by atoms with Gasteiger partial charge in [0.05, 0.1) is 0 Å². The Morgan fingerprint density at radius 2 is 1.56 bits per heavy atom. The molecule has 4 amide bonds. The summed E-state index contributed by atoms with van der Waals surface area (Å²) in [5, 5.41) is 3.54. The first-order valence-corrected chi connectivity index (χ1v) is 17.1. The number of hydrogen-bond acceptors (Lipinski definition) is 6. The first-order chi connectivity index (χ1) is 22.5. The summed E-state index contributed by atoms with van der Waals surface area (Å²) in [5.74, 6) is -1.65. The van der Waals surface area contributed by atoms with Crippen molar-refractivity contribution in [2.75, 3.05) is 25.0 Å². The number of nitrogens with one attached hydrogen (secondary N) is 1. The molecule has 2 heterocycles. The summed E-state index contributed by atoms with van der Waals surface area (Å²) in [5.41, 5.74) is -2.65. The second-order valence-electron chi connectivity index (χ2n) is 13.6. The minimum absolute atomic E-state index is 0.0570. The average Bonchev–Trinajstić information content (AvgIpc) is 3.46. The van der Waals surface area contributed by atoms with E-state index in [1.165, 1.54) is 30.0 Å². The first-order valence-electron chi connectivity index (χ1n) is 15.9. The SMILES string of the molecule is CC(=O)N1CC[C@H]2CC[C@@H](C(=O)N(C)c3ccc(C(C)(C)C)cc3)N2C(=O)[C@@H](NC(=O)c2ccc3ccc(C(F)(F)P(O)O)cc3c2)C1. The highest BCUT2D eigenvalue weighted by atomic mass is 31.2. The zero-order valence-corrected chi connectivity index (χ0v) is 28.5. The molecule has 0 saturated carbocycles. The molecule has 0 aromatic heterocycles. The molecule has 2 fully saturated rings. The molecule has 3 atom stereocenters. The quantitative estimate of drug-likeness (QED) is 0.319. The molecule has 10 nitrogen and oxygen atoms in total. The van der Waals surface area contributed by atoms with Gasteiger partial charge in [-0.1, -0.05) is 51.1 Å². The molecule has 13 heteroatoms. The van der Waals surface area contributed by atoms with E-state index >= 15 is 0 Å². The van der Waals surface area contributed by atoms with Crippen molar-refractivity contribution >= 4 is 48.5 Å². The van der Waals surface area contributed by atoms with E-state index in [0.717, 1.165) is 17.7 Å². The summed E-state index contributed by atoms with van der Waals surface area (Å²) < 4.78 is 28.7. The molecule has 0 aliphatic carbocycles. The third-order valence-corrected chi connectivity index (χ3v) is 10.1. The Balaban J connectivity index is 1.41. The van der Waals surface area contributed by atoms with Crippen LogP contribution < -0.4 is 10.2 Å². The summed E-state index contributed by atoms with van der Waals surface area (Å²) in [6.07, 6.45) is 1.48. The Bertz CT molecular complexity index is 1730. The lowest BCUT2D eigenvalue weighted by Gasteiger charge is -2.39. The standard InChI is InChI=1S/C35H41F2N4O6P/c1-21(42)40-17-16-28-14-15-30(33(45)39(5)27-12-10-25(11-13-27)34(2,3)4)41(28)32(44)29(20-40)38-31(43)23-7-6-22-8-9-26(19-24(22)18-23)35(36,37)48(46)47/h6-13,18-19,28-30,46-47H,14-17,20H2,1-5H3,(H,38,43)/t28-,29+,30+/m1/s1. The Labute approximate surface area is 279 Å². The Morgan fingerprint density at radius 3 is 2.19 bits per heavy atom. The highest BCUT2D eigenvalue weighted by molar-refractivity contribution is 7.46. The van der Waals surface area contributed by atoms with Gasteiger partial charge < -0.3 is 29.8 Å². The zero-order valence-electron chi connectivity index (χ0n) is 27.6. The number of anilines is 1. The van der Waals surface area contributed by atoms with Gasteiger partial charge in [-0.15, -0.1) is 0 Å². The van der Waals surface area contributed by atoms with Crippen molar-refractivity contribution in [2.45, 2.75) is 76.2 Å². The number of carbonyl (C=O) groups excluding carboxylic acids is 4. The van der Waals surface area contributed by atoms with Gasteiger partial charge in [-0.25, -0.2) is 0 Å². The lowest BCUT2D eigenvalue weighted by molar-refractivity contribution is -0.144. The third kappa shape index (κ3) is 7.06. The summed E-state index contributed by atoms with van der Waals surface area (Å²) >= 11 is 0. The van der Waals surface area contributed by atoms with Crippen molar-refractivity contribution in [1.82, 2.24) is 15.1 Å². The van der Waals surface area contributed by atoms with Gasteiger partial charge in [-0.05, 0) is 71.3 Å². The Hall–Kier alpha value is -3.99. The smallest absolute Gasteiger partial charge is 0.339 e. The molecule has 48 heavy (non-hydrogen) atoms. The molecule has 0 spiro atoms. The van der Waals surface area contributed by atoms with Crippen LogP contribution in [-0.4, -0.2) is 81.5 Å². The number of hydrogen-bond donors (Lipinski definition) is 3. The minimum Gasteiger partial charge on any atom is -0.346 e. The number of benzene rings is 3. The van der Waals surface area contributed by atoms with Crippen LogP contribution in [0.25, 0.3) is 10.8 Å². The van der Waals surface area contributed by atoms with Gasteiger partial charge in [0.25, 0.3) is 5.91 Å². The molecule has 0 radical (unpaired) electrons. The molecule has 2 aliphatic rings. The molecule has 3 aromatic rings. The molecule has 2 aliphatic heterocycles. The number of amides is 4. The maximum Gasteiger partial charge on any atom is 0.339 e. The Kier molecular flexibility index (Phi) is 9.93. The largest absolute Gasteiger partial charge is 0.346 e. The normalized spacial score (nSPS) is 20.4. The van der Waals surface area contributed by atoms with Crippen LogP contribution in [-0.2, 0) is 25.5 Å². The number of carbonyl (C=O) groups is 4. The maximum atomic E-state index is 14.3. The molecular formula is C35H41F2N4O6P. The maximum absolute atomic E-state index is 14.3. The van der Waals surface area contributed by atoms with E-state index < -0.39 is 43.5 Å². The lowest BCUT2D eigenvalue weighted by atomic mass is 9.87. The van der Waals surface area contributed by atoms with Gasteiger partial charge in [0, 0.05) is 49.9 Å². The van der Waals surface area contributed by atoms with Gasteiger partial charge >= 0.3 is 5.66 Å². The number of likely N-dealkylation sites (N-methyl/N-ethyl adjacent to an activating group) is 1. The van der Waals surface area contributed by atoms with E-state index in [1.807, 2.05) is 24.3 Å². The Morgan fingerprint density at radius 1 is 0.917 bits per heavy atom. The van der Waals surface area contributed by atoms with E-state index in [1.54, 1.807) is 22.9 Å². The van der Waals surface area contributed by atoms with Gasteiger partial charge in [0.2, 0.25) is 26.1 Å². The van der Waals surface area contributed by atoms with Crippen LogP contribution in [0.1, 0.15) is 68.4 Å². The van der Waals surface area contributed by atoms with Gasteiger partial charge in [-0.3, -0.25) is 19.2 Å². The zero-order chi connectivity index (χ0) is 35.1. The van der Waals surface area contributed by atoms with Crippen LogP contribution >= 0.6 is 8.38 Å². The van der Waals surface area contributed by atoms with E-state index in [4.69, 9.17) is 0 Å². The van der Waals surface area contributed by atoms with Crippen molar-refractivity contribution < 1.29 is 37.7 Å². The fourth-order valence-corrected chi connectivity index (χ4v) is 6.85. The van der Waals surface area contributed by atoms with Crippen molar-refractivity contribution in [1.29, 1.82) is 0 Å². The molecule has 0 bridgehead atoms. The summed E-state index contributed by atoms with van der Waals surface area (Å²) in [6, 6.07) is 13.5. The number of alkyl halides is 2. The number of halogens is 2. The van der Waals surface area contributed by atoms with Crippen LogP contribution in [0.5, 0.6) is 0 Å². The summed E-state index contributed by atoms with van der Waals surface area (Å²) in [4.78, 5) is 77.3. The van der Waals surface area contributed by atoms with Crippen molar-refractivity contribution in [2.24, 2.45) is 0 Å². The molecule has 2 saturated heterocycles. The summed E-state index contributed by atoms with van der Waals surface area (Å²) in [7, 11) is -1.90. The van der Waals surface area contributed by atoms with Crippen LogP contribution in [0.2, 0.25) is 0 Å². The molecular weight excluding hydrogens is 641 g/mol. The molecule has 0 unspecified atom stereocenters. The second-order valence-corrected chi connectivity index (χ2v) is 14.7. The highest BCUT2D eigenvalue weighted by Crippen LogP contribution is 2.52. The predicted octanol–water partition coefficient (Wildman–Crippen LogP) is 4.86. The fraction of sp³-hybridized carbons (Fsp3) is 0.429. The van der Waals surface area contributed by atoms with Gasteiger partial charge in [0.15, 0.2) is 0 Å². The van der Waals surface area contributed by atoms with Crippen LogP contribution in [0.3, 0.4) is 0 Å². The molecule has 5 rings (SSSR count). The van der Waals surface area contributed by atoms with Gasteiger partial charge in [0.1, 0.15) is 12.1 Å². The molecule has 256 valence electrons. The number of rotatable bonds is 6. The van der Waals surface area contributed by atoms with Crippen LogP contribution in [0.15, 0.2) is 60.7 Å². The monoisotopic (exact) mass is 682 g/mol. The summed E-state index contributed by atoms with van der Waals surface area (Å²) in [6.45, 7) is 7.95. The van der Waals surface area contributed by atoms with E-state index in [9.17, 15) is 37.7 Å². The lowest BCUT2D eigenvalue weighted by Crippen LogP contribution is -2.61. The number of nitrogens with zero attached hydrogens (tertiary/aromatic N) is 3. The minimum atomic E-state index is -3.87. The van der Waals surface area contributed by atoms with Crippen LogP contribution in [0, 0.1) is 0 Å². The predicted molar refractivity (Wildman–Crippen MR) is 180 cm³/mol. The van der Waals surface area contributed by atoms with Crippen molar-refractivity contribution in [3.63, 3.8) is 0 Å². The third-order valence-electron chi connectivity index (χ3n) is 9.38. The topological polar surface area (TPSA) is 130 Å². The molecule has 3 aromatic carbocycles. The van der Waals surface area contributed by atoms with Crippen molar-refractivity contribution in [3.05, 3.63) is 77.4 Å². The van der Waals surface area contributed by atoms with Gasteiger partial charge in [-0.2, -0.15) is 8.78 Å². The fourth-order valence-electron chi connectivity index (χ4n) is 6.48. The molecule has 3 N–H and O–H groups in total. The highest BCUT2D eigenvalue weighted by Gasteiger charge is 2.46. The van der Waals surface area contributed by atoms with E-state index in [0.29, 0.717) is 36.9 Å². The van der Waals surface area contributed by atoms with Crippen LogP contribution in [0.4, 0.5) is 14.5 Å². The average molecular weight is 683 g/mol. The van der Waals surface area contributed by atoms with Crippen molar-refractivity contribution in [3.8, 4) is 0 Å². The van der Waals surface area contributed by atoms with E-state index in [-0.39, 0.29) is 40.8 Å². The number of fused-ring (bicyclic) bond motifs is 2.